The molecular formula is C13H18FNO2S. The number of sulfonamides is 1. The van der Waals surface area contributed by atoms with Crippen LogP contribution < -0.4 is 4.72 Å². The van der Waals surface area contributed by atoms with Crippen molar-refractivity contribution >= 4 is 10.0 Å². The summed E-state index contributed by atoms with van der Waals surface area (Å²) in [5.74, 6) is -0.0750. The molecule has 1 aromatic carbocycles. The molecule has 0 amide bonds. The van der Waals surface area contributed by atoms with Gasteiger partial charge in [-0.2, -0.15) is 0 Å². The second kappa shape index (κ2) is 5.36. The number of benzene rings is 1. The van der Waals surface area contributed by atoms with Crippen molar-refractivity contribution in [1.29, 1.82) is 0 Å². The first-order valence-electron chi connectivity index (χ1n) is 6.27. The van der Waals surface area contributed by atoms with Gasteiger partial charge in [0.1, 0.15) is 5.82 Å². The van der Waals surface area contributed by atoms with Gasteiger partial charge < -0.3 is 0 Å². The summed E-state index contributed by atoms with van der Waals surface area (Å²) >= 11 is 0. The predicted octanol–water partition coefficient (Wildman–Crippen LogP) is 2.68. The number of halogens is 1. The smallest absolute Gasteiger partial charge is 0.208 e. The summed E-state index contributed by atoms with van der Waals surface area (Å²) in [5, 5.41) is 0. The van der Waals surface area contributed by atoms with Gasteiger partial charge in [-0.25, -0.2) is 17.5 Å². The summed E-state index contributed by atoms with van der Waals surface area (Å²) in [5.41, 5.74) is 0. The first-order valence-corrected chi connectivity index (χ1v) is 7.75. The third-order valence-electron chi connectivity index (χ3n) is 3.54. The van der Waals surface area contributed by atoms with Crippen LogP contribution >= 0.6 is 0 Å². The Morgan fingerprint density at radius 3 is 2.39 bits per heavy atom. The van der Waals surface area contributed by atoms with Gasteiger partial charge in [-0.05, 0) is 43.0 Å². The minimum atomic E-state index is -3.53. The van der Waals surface area contributed by atoms with E-state index in [1.807, 2.05) is 0 Å². The number of nitrogens with one attached hydrogen (secondary N) is 1. The molecule has 0 bridgehead atoms. The predicted molar refractivity (Wildman–Crippen MR) is 68.1 cm³/mol. The van der Waals surface area contributed by atoms with E-state index in [-0.39, 0.29) is 10.9 Å². The first-order chi connectivity index (χ1) is 8.49. The lowest BCUT2D eigenvalue weighted by Crippen LogP contribution is -2.40. The molecule has 1 aliphatic rings. The number of hydrogen-bond acceptors (Lipinski definition) is 2. The fraction of sp³-hybridized carbons (Fsp3) is 0.538. The van der Waals surface area contributed by atoms with E-state index in [9.17, 15) is 12.8 Å². The Bertz CT molecular complexity index is 498. The molecule has 1 N–H and O–H groups in total. The highest BCUT2D eigenvalue weighted by molar-refractivity contribution is 7.89. The number of rotatable bonds is 3. The molecule has 0 aliphatic heterocycles. The van der Waals surface area contributed by atoms with Crippen LogP contribution in [-0.4, -0.2) is 14.5 Å². The molecule has 1 aliphatic carbocycles. The van der Waals surface area contributed by atoms with Crippen molar-refractivity contribution < 1.29 is 12.8 Å². The normalized spacial score (nSPS) is 25.0. The monoisotopic (exact) mass is 271 g/mol. The second-order valence-corrected chi connectivity index (χ2v) is 6.66. The molecule has 100 valence electrons. The Hall–Kier alpha value is -0.940. The average molecular weight is 271 g/mol. The van der Waals surface area contributed by atoms with Crippen LogP contribution in [-0.2, 0) is 10.0 Å². The average Bonchev–Trinajstić information content (AvgIpc) is 2.32. The standard InChI is InChI=1S/C13H18FNO2S/c1-10-4-2-3-5-13(10)15-18(16,17)12-8-6-11(14)7-9-12/h6-10,13,15H,2-5H2,1H3/t10-,13+/m1/s1. The highest BCUT2D eigenvalue weighted by Gasteiger charge is 2.26. The molecule has 0 unspecified atom stereocenters. The summed E-state index contributed by atoms with van der Waals surface area (Å²) in [6.07, 6.45) is 4.15. The van der Waals surface area contributed by atoms with E-state index in [1.54, 1.807) is 0 Å². The highest BCUT2D eigenvalue weighted by atomic mass is 32.2. The van der Waals surface area contributed by atoms with E-state index >= 15 is 0 Å². The van der Waals surface area contributed by atoms with E-state index in [2.05, 4.69) is 11.6 Å². The van der Waals surface area contributed by atoms with Crippen LogP contribution in [0.15, 0.2) is 29.2 Å². The van der Waals surface area contributed by atoms with Crippen LogP contribution in [0.4, 0.5) is 4.39 Å². The van der Waals surface area contributed by atoms with Crippen LogP contribution in [0.1, 0.15) is 32.6 Å². The molecule has 3 nitrogen and oxygen atoms in total. The summed E-state index contributed by atoms with van der Waals surface area (Å²) < 4.78 is 39.8. The van der Waals surface area contributed by atoms with Gasteiger partial charge in [0, 0.05) is 6.04 Å². The van der Waals surface area contributed by atoms with Crippen LogP contribution in [0, 0.1) is 11.7 Å². The largest absolute Gasteiger partial charge is 0.240 e. The van der Waals surface area contributed by atoms with Gasteiger partial charge in [-0.1, -0.05) is 19.8 Å². The van der Waals surface area contributed by atoms with Crippen molar-refractivity contribution in [2.24, 2.45) is 5.92 Å². The first kappa shape index (κ1) is 13.5. The lowest BCUT2D eigenvalue weighted by molar-refractivity contribution is 0.310. The molecule has 1 saturated carbocycles. The molecule has 18 heavy (non-hydrogen) atoms. The molecular weight excluding hydrogens is 253 g/mol. The van der Waals surface area contributed by atoms with Crippen molar-refractivity contribution in [3.05, 3.63) is 30.1 Å². The van der Waals surface area contributed by atoms with Crippen LogP contribution in [0.3, 0.4) is 0 Å². The molecule has 5 heteroatoms. The third-order valence-corrected chi connectivity index (χ3v) is 5.05. The molecule has 2 rings (SSSR count). The molecule has 2 atom stereocenters. The van der Waals surface area contributed by atoms with E-state index in [4.69, 9.17) is 0 Å². The number of hydrogen-bond donors (Lipinski definition) is 1. The molecule has 1 fully saturated rings. The fourth-order valence-electron chi connectivity index (χ4n) is 2.37. The maximum Gasteiger partial charge on any atom is 0.240 e. The Kier molecular flexibility index (Phi) is 4.02. The lowest BCUT2D eigenvalue weighted by Gasteiger charge is -2.29. The van der Waals surface area contributed by atoms with Crippen molar-refractivity contribution in [2.75, 3.05) is 0 Å². The van der Waals surface area contributed by atoms with Gasteiger partial charge in [0.15, 0.2) is 0 Å². The van der Waals surface area contributed by atoms with Crippen molar-refractivity contribution in [1.82, 2.24) is 4.72 Å². The molecule has 0 heterocycles. The van der Waals surface area contributed by atoms with Gasteiger partial charge in [0.05, 0.1) is 4.90 Å². The van der Waals surface area contributed by atoms with Crippen LogP contribution in [0.2, 0.25) is 0 Å². The van der Waals surface area contributed by atoms with Gasteiger partial charge in [0.2, 0.25) is 10.0 Å². The van der Waals surface area contributed by atoms with E-state index in [0.29, 0.717) is 5.92 Å². The zero-order valence-corrected chi connectivity index (χ0v) is 11.2. The van der Waals surface area contributed by atoms with Gasteiger partial charge in [0.25, 0.3) is 0 Å². The summed E-state index contributed by atoms with van der Waals surface area (Å²) in [6.45, 7) is 2.07. The molecule has 0 spiro atoms. The van der Waals surface area contributed by atoms with Gasteiger partial charge in [-0.3, -0.25) is 0 Å². The molecule has 0 saturated heterocycles. The zero-order valence-electron chi connectivity index (χ0n) is 10.4. The van der Waals surface area contributed by atoms with E-state index in [0.717, 1.165) is 25.7 Å². The maximum atomic E-state index is 12.8. The minimum Gasteiger partial charge on any atom is -0.208 e. The van der Waals surface area contributed by atoms with E-state index in [1.165, 1.54) is 24.3 Å². The van der Waals surface area contributed by atoms with Crippen molar-refractivity contribution in [2.45, 2.75) is 43.5 Å². The Morgan fingerprint density at radius 2 is 1.78 bits per heavy atom. The maximum absolute atomic E-state index is 12.8. The summed E-state index contributed by atoms with van der Waals surface area (Å²) in [6, 6.07) is 4.92. The highest BCUT2D eigenvalue weighted by Crippen LogP contribution is 2.25. The van der Waals surface area contributed by atoms with E-state index < -0.39 is 15.8 Å². The SMILES string of the molecule is C[C@@H]1CCCC[C@@H]1NS(=O)(=O)c1ccc(F)cc1. The molecule has 0 radical (unpaired) electrons. The Balaban J connectivity index is 2.13. The topological polar surface area (TPSA) is 46.2 Å². The minimum absolute atomic E-state index is 0.00574. The van der Waals surface area contributed by atoms with Crippen molar-refractivity contribution in [3.63, 3.8) is 0 Å². The molecule has 1 aromatic rings. The Morgan fingerprint density at radius 1 is 1.17 bits per heavy atom. The fourth-order valence-corrected chi connectivity index (χ4v) is 3.75. The van der Waals surface area contributed by atoms with Gasteiger partial charge in [-0.15, -0.1) is 0 Å². The quantitative estimate of drug-likeness (QED) is 0.918. The zero-order chi connectivity index (χ0) is 13.2. The van der Waals surface area contributed by atoms with Crippen LogP contribution in [0.25, 0.3) is 0 Å². The van der Waals surface area contributed by atoms with Crippen molar-refractivity contribution in [3.8, 4) is 0 Å². The van der Waals surface area contributed by atoms with Gasteiger partial charge >= 0.3 is 0 Å². The third kappa shape index (κ3) is 3.09. The molecule has 0 aromatic heterocycles. The second-order valence-electron chi connectivity index (χ2n) is 4.94. The van der Waals surface area contributed by atoms with Crippen LogP contribution in [0.5, 0.6) is 0 Å². The lowest BCUT2D eigenvalue weighted by atomic mass is 9.87. The summed E-state index contributed by atoms with van der Waals surface area (Å²) in [7, 11) is -3.53. The summed E-state index contributed by atoms with van der Waals surface area (Å²) in [4.78, 5) is 0.127. The Labute approximate surface area is 107 Å².